The van der Waals surface area contributed by atoms with Gasteiger partial charge in [-0.2, -0.15) is 0 Å². The molecule has 0 radical (unpaired) electrons. The molecular formula is C6H12O3. The summed E-state index contributed by atoms with van der Waals surface area (Å²) in [5.74, 6) is 0. The van der Waals surface area contributed by atoms with Crippen LogP contribution in [0.5, 0.6) is 0 Å². The van der Waals surface area contributed by atoms with Gasteiger partial charge in [0.25, 0.3) is 0 Å². The Bertz CT molecular complexity index is 80.4. The Morgan fingerprint density at radius 3 is 2.44 bits per heavy atom. The lowest BCUT2D eigenvalue weighted by Crippen LogP contribution is -2.14. The zero-order chi connectivity index (χ0) is 7.28. The minimum absolute atomic E-state index is 0.116. The fraction of sp³-hybridized carbons (Fsp3) is 0.833. The molecule has 0 saturated carbocycles. The minimum atomic E-state index is -0.678. The van der Waals surface area contributed by atoms with E-state index in [1.165, 1.54) is 0 Å². The number of carbonyl (C=O) groups excluding carboxylic acids is 1. The topological polar surface area (TPSA) is 57.5 Å². The SMILES string of the molecule is C[C@H](O)C[C@H](O)CC=O. The number of carbonyl (C=O) groups is 1. The predicted molar refractivity (Wildman–Crippen MR) is 33.0 cm³/mol. The van der Waals surface area contributed by atoms with E-state index >= 15 is 0 Å². The molecule has 3 heteroatoms. The standard InChI is InChI=1S/C6H12O3/c1-5(8)4-6(9)2-3-7/h3,5-6,8-9H,2,4H2,1H3/t5-,6+/m0/s1. The van der Waals surface area contributed by atoms with Crippen molar-refractivity contribution in [2.45, 2.75) is 32.0 Å². The van der Waals surface area contributed by atoms with Gasteiger partial charge in [-0.15, -0.1) is 0 Å². The van der Waals surface area contributed by atoms with Crippen LogP contribution in [-0.2, 0) is 4.79 Å². The second-order valence-electron chi connectivity index (χ2n) is 2.14. The second kappa shape index (κ2) is 4.47. The van der Waals surface area contributed by atoms with Gasteiger partial charge in [0, 0.05) is 6.42 Å². The van der Waals surface area contributed by atoms with Crippen LogP contribution in [-0.4, -0.2) is 28.7 Å². The Morgan fingerprint density at radius 1 is 1.56 bits per heavy atom. The lowest BCUT2D eigenvalue weighted by Gasteiger charge is -2.07. The first-order chi connectivity index (χ1) is 4.16. The monoisotopic (exact) mass is 132 g/mol. The summed E-state index contributed by atoms with van der Waals surface area (Å²) in [5, 5.41) is 17.5. The van der Waals surface area contributed by atoms with Crippen molar-refractivity contribution in [1.29, 1.82) is 0 Å². The highest BCUT2D eigenvalue weighted by molar-refractivity contribution is 5.49. The lowest BCUT2D eigenvalue weighted by atomic mass is 10.1. The molecule has 0 spiro atoms. The summed E-state index contributed by atoms with van der Waals surface area (Å²) in [6.45, 7) is 1.58. The van der Waals surface area contributed by atoms with Crippen LogP contribution in [0.15, 0.2) is 0 Å². The van der Waals surface area contributed by atoms with Crippen LogP contribution in [0.25, 0.3) is 0 Å². The van der Waals surface area contributed by atoms with E-state index < -0.39 is 12.2 Å². The molecule has 54 valence electrons. The van der Waals surface area contributed by atoms with E-state index in [4.69, 9.17) is 10.2 Å². The van der Waals surface area contributed by atoms with Crippen LogP contribution in [0.2, 0.25) is 0 Å². The summed E-state index contributed by atoms with van der Waals surface area (Å²) in [4.78, 5) is 9.76. The van der Waals surface area contributed by atoms with Crippen molar-refractivity contribution in [3.05, 3.63) is 0 Å². The van der Waals surface area contributed by atoms with E-state index in [2.05, 4.69) is 0 Å². The van der Waals surface area contributed by atoms with Gasteiger partial charge < -0.3 is 15.0 Å². The highest BCUT2D eigenvalue weighted by atomic mass is 16.3. The molecule has 0 rings (SSSR count). The largest absolute Gasteiger partial charge is 0.393 e. The number of hydrogen-bond acceptors (Lipinski definition) is 3. The van der Waals surface area contributed by atoms with Gasteiger partial charge in [-0.05, 0) is 13.3 Å². The van der Waals surface area contributed by atoms with Gasteiger partial charge in [0.2, 0.25) is 0 Å². The molecule has 0 aliphatic heterocycles. The van der Waals surface area contributed by atoms with Crippen molar-refractivity contribution in [3.63, 3.8) is 0 Å². The van der Waals surface area contributed by atoms with E-state index in [0.717, 1.165) is 0 Å². The van der Waals surface area contributed by atoms with Crippen LogP contribution in [0, 0.1) is 0 Å². The van der Waals surface area contributed by atoms with Crippen LogP contribution in [0.3, 0.4) is 0 Å². The summed E-state index contributed by atoms with van der Waals surface area (Å²) >= 11 is 0. The molecule has 0 aromatic rings. The molecule has 0 heterocycles. The first kappa shape index (κ1) is 8.59. The van der Waals surface area contributed by atoms with Crippen LogP contribution in [0.4, 0.5) is 0 Å². The summed E-state index contributed by atoms with van der Waals surface area (Å²) in [5.41, 5.74) is 0. The van der Waals surface area contributed by atoms with E-state index in [0.29, 0.717) is 6.29 Å². The maximum absolute atomic E-state index is 9.76. The number of aliphatic hydroxyl groups excluding tert-OH is 2. The predicted octanol–water partition coefficient (Wildman–Crippen LogP) is -0.293. The molecule has 0 bridgehead atoms. The molecule has 3 nitrogen and oxygen atoms in total. The number of aliphatic hydroxyl groups is 2. The van der Waals surface area contributed by atoms with Gasteiger partial charge in [0.15, 0.2) is 0 Å². The number of rotatable bonds is 4. The maximum atomic E-state index is 9.76. The smallest absolute Gasteiger partial charge is 0.122 e. The number of hydrogen-bond donors (Lipinski definition) is 2. The zero-order valence-corrected chi connectivity index (χ0v) is 5.45. The van der Waals surface area contributed by atoms with Crippen LogP contribution in [0.1, 0.15) is 19.8 Å². The lowest BCUT2D eigenvalue weighted by molar-refractivity contribution is -0.109. The zero-order valence-electron chi connectivity index (χ0n) is 5.45. The van der Waals surface area contributed by atoms with Crippen LogP contribution < -0.4 is 0 Å². The first-order valence-electron chi connectivity index (χ1n) is 2.96. The van der Waals surface area contributed by atoms with E-state index in [1.807, 2.05) is 0 Å². The van der Waals surface area contributed by atoms with E-state index in [1.54, 1.807) is 6.92 Å². The summed E-state index contributed by atoms with van der Waals surface area (Å²) in [6, 6.07) is 0. The Morgan fingerprint density at radius 2 is 2.11 bits per heavy atom. The summed E-state index contributed by atoms with van der Waals surface area (Å²) < 4.78 is 0. The van der Waals surface area contributed by atoms with Crippen molar-refractivity contribution in [3.8, 4) is 0 Å². The fourth-order valence-electron chi connectivity index (χ4n) is 0.601. The fourth-order valence-corrected chi connectivity index (χ4v) is 0.601. The van der Waals surface area contributed by atoms with Crippen LogP contribution >= 0.6 is 0 Å². The first-order valence-corrected chi connectivity index (χ1v) is 2.96. The summed E-state index contributed by atoms with van der Waals surface area (Å²) in [6.07, 6.45) is -0.168. The van der Waals surface area contributed by atoms with Crippen molar-refractivity contribution >= 4 is 6.29 Å². The molecular weight excluding hydrogens is 120 g/mol. The normalized spacial score (nSPS) is 16.8. The molecule has 0 aromatic carbocycles. The summed E-state index contributed by atoms with van der Waals surface area (Å²) in [7, 11) is 0. The molecule has 0 aliphatic rings. The Kier molecular flexibility index (Phi) is 4.26. The van der Waals surface area contributed by atoms with Gasteiger partial charge >= 0.3 is 0 Å². The molecule has 0 unspecified atom stereocenters. The van der Waals surface area contributed by atoms with Crippen molar-refractivity contribution in [2.24, 2.45) is 0 Å². The highest BCUT2D eigenvalue weighted by Crippen LogP contribution is 1.98. The molecule has 0 aliphatic carbocycles. The Labute approximate surface area is 54.3 Å². The van der Waals surface area contributed by atoms with Gasteiger partial charge in [-0.3, -0.25) is 0 Å². The second-order valence-corrected chi connectivity index (χ2v) is 2.14. The molecule has 0 aromatic heterocycles. The Hall–Kier alpha value is -0.410. The van der Waals surface area contributed by atoms with Crippen molar-refractivity contribution in [1.82, 2.24) is 0 Å². The highest BCUT2D eigenvalue weighted by Gasteiger charge is 2.05. The van der Waals surface area contributed by atoms with Crippen molar-refractivity contribution in [2.75, 3.05) is 0 Å². The number of aldehydes is 1. The molecule has 2 atom stereocenters. The third-order valence-electron chi connectivity index (χ3n) is 0.981. The molecule has 9 heavy (non-hydrogen) atoms. The average Bonchev–Trinajstić information content (AvgIpc) is 1.63. The average molecular weight is 132 g/mol. The maximum Gasteiger partial charge on any atom is 0.122 e. The van der Waals surface area contributed by atoms with Gasteiger partial charge in [0.05, 0.1) is 12.2 Å². The van der Waals surface area contributed by atoms with Gasteiger partial charge in [0.1, 0.15) is 6.29 Å². The third-order valence-corrected chi connectivity index (χ3v) is 0.981. The molecule has 2 N–H and O–H groups in total. The minimum Gasteiger partial charge on any atom is -0.393 e. The molecule has 0 amide bonds. The van der Waals surface area contributed by atoms with E-state index in [-0.39, 0.29) is 12.8 Å². The molecule has 0 saturated heterocycles. The van der Waals surface area contributed by atoms with Crippen molar-refractivity contribution < 1.29 is 15.0 Å². The van der Waals surface area contributed by atoms with Gasteiger partial charge in [-0.1, -0.05) is 0 Å². The Balaban J connectivity index is 3.25. The molecule has 0 fully saturated rings. The van der Waals surface area contributed by atoms with Gasteiger partial charge in [-0.25, -0.2) is 0 Å². The van der Waals surface area contributed by atoms with E-state index in [9.17, 15) is 4.79 Å². The third kappa shape index (κ3) is 5.46. The quantitative estimate of drug-likeness (QED) is 0.517.